The number of likely N-dealkylation sites (N-methyl/N-ethyl adjacent to an activating group) is 2. The van der Waals surface area contributed by atoms with E-state index in [2.05, 4.69) is 55.4 Å². The average Bonchev–Trinajstić information content (AvgIpc) is 2.40. The number of thiocarbonyl (C=S) groups is 1. The van der Waals surface area contributed by atoms with Crippen molar-refractivity contribution < 1.29 is 0 Å². The summed E-state index contributed by atoms with van der Waals surface area (Å²) < 4.78 is 0. The number of hydrogen-bond donors (Lipinski definition) is 1. The molecule has 116 valence electrons. The van der Waals surface area contributed by atoms with E-state index in [0.717, 1.165) is 22.7 Å². The fourth-order valence-electron chi connectivity index (χ4n) is 3.11. The minimum Gasteiger partial charge on any atom is -0.389 e. The van der Waals surface area contributed by atoms with E-state index in [0.29, 0.717) is 4.99 Å². The third kappa shape index (κ3) is 3.20. The van der Waals surface area contributed by atoms with Crippen LogP contribution in [0.2, 0.25) is 0 Å². The van der Waals surface area contributed by atoms with Gasteiger partial charge in [0.2, 0.25) is 0 Å². The molecule has 1 aromatic carbocycles. The maximum atomic E-state index is 5.98. The van der Waals surface area contributed by atoms with Crippen molar-refractivity contribution in [2.45, 2.75) is 29.7 Å². The summed E-state index contributed by atoms with van der Waals surface area (Å²) in [6, 6.07) is 6.29. The van der Waals surface area contributed by atoms with E-state index in [4.69, 9.17) is 18.0 Å². The molecular weight excluding hydrogens is 298 g/mol. The molecule has 3 nitrogen and oxygen atoms in total. The Balaban J connectivity index is 2.31. The quantitative estimate of drug-likeness (QED) is 0.643. The molecule has 0 radical (unpaired) electrons. The van der Waals surface area contributed by atoms with Crippen LogP contribution in [0, 0.1) is 0 Å². The normalized spacial score (nSPS) is 16.6. The minimum atomic E-state index is 0.289. The van der Waals surface area contributed by atoms with Gasteiger partial charge in [-0.3, -0.25) is 0 Å². The van der Waals surface area contributed by atoms with E-state index >= 15 is 0 Å². The Morgan fingerprint density at radius 1 is 1.33 bits per heavy atom. The van der Waals surface area contributed by atoms with E-state index in [1.165, 1.54) is 19.3 Å². The van der Waals surface area contributed by atoms with Gasteiger partial charge in [-0.05, 0) is 51.7 Å². The first-order valence-electron chi connectivity index (χ1n) is 7.26. The highest BCUT2D eigenvalue weighted by atomic mass is 32.2. The maximum absolute atomic E-state index is 5.98. The molecule has 0 bridgehead atoms. The highest BCUT2D eigenvalue weighted by molar-refractivity contribution is 7.98. The second kappa shape index (κ2) is 6.55. The summed E-state index contributed by atoms with van der Waals surface area (Å²) in [6.07, 6.45) is 5.90. The van der Waals surface area contributed by atoms with Gasteiger partial charge in [-0.15, -0.1) is 11.8 Å². The molecule has 1 aromatic rings. The Bertz CT molecular complexity index is 524. The summed E-state index contributed by atoms with van der Waals surface area (Å²) in [5.74, 6) is 0. The smallest absolute Gasteiger partial charge is 0.107 e. The van der Waals surface area contributed by atoms with Crippen molar-refractivity contribution in [3.63, 3.8) is 0 Å². The lowest BCUT2D eigenvalue weighted by Crippen LogP contribution is -2.57. The first-order chi connectivity index (χ1) is 9.91. The monoisotopic (exact) mass is 323 g/mol. The van der Waals surface area contributed by atoms with E-state index < -0.39 is 0 Å². The number of hydrogen-bond acceptors (Lipinski definition) is 4. The lowest BCUT2D eigenvalue weighted by molar-refractivity contribution is 0.0683. The molecule has 21 heavy (non-hydrogen) atoms. The number of rotatable bonds is 6. The minimum absolute atomic E-state index is 0.289. The molecule has 1 saturated carbocycles. The molecule has 0 saturated heterocycles. The lowest BCUT2D eigenvalue weighted by Gasteiger charge is -2.49. The predicted molar refractivity (Wildman–Crippen MR) is 97.6 cm³/mol. The molecular formula is C16H25N3S2. The zero-order valence-electron chi connectivity index (χ0n) is 13.3. The highest BCUT2D eigenvalue weighted by Gasteiger charge is 2.40. The van der Waals surface area contributed by atoms with Crippen LogP contribution in [0.4, 0.5) is 5.69 Å². The fraction of sp³-hybridized carbons (Fsp3) is 0.562. The molecule has 0 spiro atoms. The van der Waals surface area contributed by atoms with Crippen molar-refractivity contribution in [1.82, 2.24) is 4.90 Å². The van der Waals surface area contributed by atoms with Gasteiger partial charge in [0, 0.05) is 35.3 Å². The lowest BCUT2D eigenvalue weighted by atomic mass is 9.75. The van der Waals surface area contributed by atoms with Crippen molar-refractivity contribution in [2.24, 2.45) is 5.73 Å². The van der Waals surface area contributed by atoms with Gasteiger partial charge in [-0.25, -0.2) is 0 Å². The highest BCUT2D eigenvalue weighted by Crippen LogP contribution is 2.38. The van der Waals surface area contributed by atoms with Crippen molar-refractivity contribution in [2.75, 3.05) is 38.8 Å². The van der Waals surface area contributed by atoms with Gasteiger partial charge in [0.05, 0.1) is 0 Å². The van der Waals surface area contributed by atoms with E-state index in [-0.39, 0.29) is 5.54 Å². The predicted octanol–water partition coefficient (Wildman–Crippen LogP) is 2.96. The third-order valence-electron chi connectivity index (χ3n) is 4.65. The van der Waals surface area contributed by atoms with Crippen molar-refractivity contribution in [3.8, 4) is 0 Å². The Labute approximate surface area is 137 Å². The van der Waals surface area contributed by atoms with Crippen LogP contribution in [0.25, 0.3) is 0 Å². The largest absolute Gasteiger partial charge is 0.389 e. The van der Waals surface area contributed by atoms with Crippen LogP contribution in [0.1, 0.15) is 24.8 Å². The van der Waals surface area contributed by atoms with Crippen LogP contribution in [0.15, 0.2) is 23.1 Å². The van der Waals surface area contributed by atoms with E-state index in [9.17, 15) is 0 Å². The summed E-state index contributed by atoms with van der Waals surface area (Å²) in [7, 11) is 6.50. The van der Waals surface area contributed by atoms with Crippen LogP contribution in [0.5, 0.6) is 0 Å². The molecule has 1 fully saturated rings. The van der Waals surface area contributed by atoms with Gasteiger partial charge in [0.1, 0.15) is 4.99 Å². The molecule has 5 heteroatoms. The number of anilines is 1. The number of benzene rings is 1. The molecule has 0 atom stereocenters. The maximum Gasteiger partial charge on any atom is 0.107 e. The van der Waals surface area contributed by atoms with Crippen LogP contribution < -0.4 is 10.6 Å². The van der Waals surface area contributed by atoms with Crippen LogP contribution in [0.3, 0.4) is 0 Å². The van der Waals surface area contributed by atoms with Crippen LogP contribution in [-0.4, -0.2) is 49.4 Å². The molecule has 2 N–H and O–H groups in total. The zero-order valence-corrected chi connectivity index (χ0v) is 15.0. The Kier molecular flexibility index (Phi) is 5.17. The number of nitrogens with two attached hydrogens (primary N) is 1. The molecule has 0 amide bonds. The van der Waals surface area contributed by atoms with Crippen molar-refractivity contribution in [3.05, 3.63) is 23.8 Å². The number of thioether (sulfide) groups is 1. The summed E-state index contributed by atoms with van der Waals surface area (Å²) in [6.45, 7) is 1.01. The average molecular weight is 324 g/mol. The molecule has 1 aliphatic rings. The van der Waals surface area contributed by atoms with Gasteiger partial charge in [-0.2, -0.15) is 0 Å². The van der Waals surface area contributed by atoms with Gasteiger partial charge < -0.3 is 15.5 Å². The molecule has 0 unspecified atom stereocenters. The van der Waals surface area contributed by atoms with Crippen LogP contribution >= 0.6 is 24.0 Å². The van der Waals surface area contributed by atoms with Crippen molar-refractivity contribution in [1.29, 1.82) is 0 Å². The number of nitrogens with zero attached hydrogens (tertiary/aromatic N) is 2. The molecule has 2 rings (SSSR count). The zero-order chi connectivity index (χ0) is 15.6. The molecule has 1 aliphatic carbocycles. The van der Waals surface area contributed by atoms with Gasteiger partial charge in [-0.1, -0.05) is 18.3 Å². The van der Waals surface area contributed by atoms with Gasteiger partial charge >= 0.3 is 0 Å². The SMILES string of the molecule is CSc1cccc(N(C)CC2(N(C)C)CCC2)c1C(N)=S. The molecule has 0 aliphatic heterocycles. The van der Waals surface area contributed by atoms with Crippen LogP contribution in [-0.2, 0) is 0 Å². The van der Waals surface area contributed by atoms with Crippen molar-refractivity contribution >= 4 is 34.7 Å². The first kappa shape index (κ1) is 16.6. The Morgan fingerprint density at radius 2 is 2.00 bits per heavy atom. The summed E-state index contributed by atoms with van der Waals surface area (Å²) in [4.78, 5) is 6.31. The second-order valence-corrected chi connectivity index (χ2v) is 7.33. The molecule has 0 aromatic heterocycles. The Hall–Kier alpha value is -0.780. The standard InChI is InChI=1S/C16H25N3S2/c1-18(2)16(9-6-10-16)11-19(3)12-7-5-8-13(21-4)14(12)15(17)20/h5,7-8H,6,9-11H2,1-4H3,(H2,17,20). The first-order valence-corrected chi connectivity index (χ1v) is 8.90. The molecule has 0 heterocycles. The van der Waals surface area contributed by atoms with E-state index in [1.54, 1.807) is 11.8 Å². The van der Waals surface area contributed by atoms with Gasteiger partial charge in [0.25, 0.3) is 0 Å². The Morgan fingerprint density at radius 3 is 2.43 bits per heavy atom. The summed E-state index contributed by atoms with van der Waals surface area (Å²) >= 11 is 6.98. The van der Waals surface area contributed by atoms with Gasteiger partial charge in [0.15, 0.2) is 0 Å². The summed E-state index contributed by atoms with van der Waals surface area (Å²) in [5, 5.41) is 0. The second-order valence-electron chi connectivity index (χ2n) is 6.05. The van der Waals surface area contributed by atoms with E-state index in [1.807, 2.05) is 0 Å². The fourth-order valence-corrected chi connectivity index (χ4v) is 4.03. The summed E-state index contributed by atoms with van der Waals surface area (Å²) in [5.41, 5.74) is 8.42. The topological polar surface area (TPSA) is 32.5 Å². The third-order valence-corrected chi connectivity index (χ3v) is 5.63.